The monoisotopic (exact) mass is 314 g/mol. The molecule has 120 valence electrons. The van der Waals surface area contributed by atoms with Crippen LogP contribution in [0.3, 0.4) is 0 Å². The lowest BCUT2D eigenvalue weighted by Gasteiger charge is -2.09. The molecule has 2 amide bonds. The normalized spacial score (nSPS) is 10.2. The number of hydrogen-bond acceptors (Lipinski definition) is 2. The molecular formula is C18H19FN2O2. The van der Waals surface area contributed by atoms with Gasteiger partial charge in [-0.3, -0.25) is 9.59 Å². The average Bonchev–Trinajstić information content (AvgIpc) is 2.50. The molecule has 4 nitrogen and oxygen atoms in total. The molecule has 0 atom stereocenters. The Morgan fingerprint density at radius 1 is 0.957 bits per heavy atom. The maximum atomic E-state index is 12.8. The van der Waals surface area contributed by atoms with Crippen LogP contribution in [0.2, 0.25) is 0 Å². The Balaban J connectivity index is 1.95. The molecule has 0 saturated heterocycles. The van der Waals surface area contributed by atoms with Gasteiger partial charge in [-0.25, -0.2) is 4.39 Å². The van der Waals surface area contributed by atoms with Crippen molar-refractivity contribution in [1.82, 2.24) is 0 Å². The largest absolute Gasteiger partial charge is 0.326 e. The van der Waals surface area contributed by atoms with Crippen molar-refractivity contribution in [2.24, 2.45) is 0 Å². The van der Waals surface area contributed by atoms with E-state index in [1.807, 2.05) is 6.92 Å². The zero-order valence-corrected chi connectivity index (χ0v) is 12.9. The van der Waals surface area contributed by atoms with Crippen molar-refractivity contribution in [2.45, 2.75) is 26.2 Å². The molecule has 5 heteroatoms. The van der Waals surface area contributed by atoms with E-state index in [-0.39, 0.29) is 24.1 Å². The lowest BCUT2D eigenvalue weighted by Crippen LogP contribution is -2.15. The molecule has 0 saturated carbocycles. The van der Waals surface area contributed by atoms with Gasteiger partial charge < -0.3 is 10.6 Å². The van der Waals surface area contributed by atoms with Gasteiger partial charge in [0.2, 0.25) is 11.8 Å². The number of hydrogen-bond donors (Lipinski definition) is 2. The van der Waals surface area contributed by atoms with Crippen LogP contribution in [0.15, 0.2) is 48.5 Å². The van der Waals surface area contributed by atoms with Crippen LogP contribution in [0.25, 0.3) is 0 Å². The smallest absolute Gasteiger partial charge is 0.228 e. The van der Waals surface area contributed by atoms with E-state index in [2.05, 4.69) is 10.6 Å². The average molecular weight is 314 g/mol. The molecule has 0 aliphatic heterocycles. The number of rotatable bonds is 6. The summed E-state index contributed by atoms with van der Waals surface area (Å²) in [7, 11) is 0. The molecule has 0 unspecified atom stereocenters. The molecule has 0 aromatic heterocycles. The van der Waals surface area contributed by atoms with Crippen LogP contribution in [-0.2, 0) is 16.0 Å². The van der Waals surface area contributed by atoms with Gasteiger partial charge in [0.1, 0.15) is 5.82 Å². The van der Waals surface area contributed by atoms with E-state index in [9.17, 15) is 14.0 Å². The fraction of sp³-hybridized carbons (Fsp3) is 0.222. The molecule has 0 bridgehead atoms. The molecule has 2 aromatic rings. The minimum atomic E-state index is -0.329. The van der Waals surface area contributed by atoms with Crippen molar-refractivity contribution >= 4 is 23.2 Å². The van der Waals surface area contributed by atoms with Gasteiger partial charge >= 0.3 is 0 Å². The van der Waals surface area contributed by atoms with E-state index in [1.54, 1.807) is 36.4 Å². The molecule has 0 radical (unpaired) electrons. The highest BCUT2D eigenvalue weighted by atomic mass is 19.1. The Bertz CT molecular complexity index is 684. The molecule has 23 heavy (non-hydrogen) atoms. The van der Waals surface area contributed by atoms with E-state index < -0.39 is 0 Å². The van der Waals surface area contributed by atoms with Gasteiger partial charge in [0.05, 0.1) is 6.42 Å². The lowest BCUT2D eigenvalue weighted by molar-refractivity contribution is -0.116. The lowest BCUT2D eigenvalue weighted by atomic mass is 10.1. The first kappa shape index (κ1) is 16.7. The predicted molar refractivity (Wildman–Crippen MR) is 88.7 cm³/mol. The molecular weight excluding hydrogens is 295 g/mol. The van der Waals surface area contributed by atoms with Crippen molar-refractivity contribution in [3.63, 3.8) is 0 Å². The van der Waals surface area contributed by atoms with Crippen LogP contribution in [0, 0.1) is 5.82 Å². The summed E-state index contributed by atoms with van der Waals surface area (Å²) < 4.78 is 12.8. The van der Waals surface area contributed by atoms with Crippen LogP contribution in [0.1, 0.15) is 25.3 Å². The summed E-state index contributed by atoms with van der Waals surface area (Å²) in [6, 6.07) is 12.8. The number of anilines is 2. The van der Waals surface area contributed by atoms with E-state index in [0.717, 1.165) is 12.0 Å². The number of carbonyl (C=O) groups excluding carboxylic acids is 2. The summed E-state index contributed by atoms with van der Waals surface area (Å²) in [4.78, 5) is 23.6. The molecule has 0 heterocycles. The maximum absolute atomic E-state index is 12.8. The van der Waals surface area contributed by atoms with Crippen LogP contribution in [0.5, 0.6) is 0 Å². The molecule has 2 aromatic carbocycles. The van der Waals surface area contributed by atoms with Gasteiger partial charge in [0.15, 0.2) is 0 Å². The quantitative estimate of drug-likeness (QED) is 0.853. The molecule has 2 N–H and O–H groups in total. The summed E-state index contributed by atoms with van der Waals surface area (Å²) in [6.45, 7) is 1.94. The van der Waals surface area contributed by atoms with Crippen LogP contribution in [-0.4, -0.2) is 11.8 Å². The highest BCUT2D eigenvalue weighted by Crippen LogP contribution is 2.16. The van der Waals surface area contributed by atoms with Crippen molar-refractivity contribution in [2.75, 3.05) is 10.6 Å². The highest BCUT2D eigenvalue weighted by molar-refractivity contribution is 5.94. The molecule has 0 aliphatic rings. The number of halogens is 1. The summed E-state index contributed by atoms with van der Waals surface area (Å²) in [6.07, 6.45) is 1.40. The first-order valence-corrected chi connectivity index (χ1v) is 7.51. The van der Waals surface area contributed by atoms with Gasteiger partial charge in [-0.05, 0) is 42.3 Å². The number of benzene rings is 2. The standard InChI is InChI=1S/C18H19FN2O2/c1-2-4-17(22)20-15-5-3-6-16(12-15)21-18(23)11-13-7-9-14(19)10-8-13/h3,5-10,12H,2,4,11H2,1H3,(H,20,22)(H,21,23). The van der Waals surface area contributed by atoms with Gasteiger partial charge in [0, 0.05) is 17.8 Å². The van der Waals surface area contributed by atoms with E-state index >= 15 is 0 Å². The maximum Gasteiger partial charge on any atom is 0.228 e. The second kappa shape index (κ2) is 8.08. The second-order valence-corrected chi connectivity index (χ2v) is 5.23. The van der Waals surface area contributed by atoms with E-state index in [4.69, 9.17) is 0 Å². The van der Waals surface area contributed by atoms with E-state index in [1.165, 1.54) is 12.1 Å². The summed E-state index contributed by atoms with van der Waals surface area (Å²) >= 11 is 0. The molecule has 2 rings (SSSR count). The number of carbonyl (C=O) groups is 2. The SMILES string of the molecule is CCCC(=O)Nc1cccc(NC(=O)Cc2ccc(F)cc2)c1. The molecule has 0 fully saturated rings. The Labute approximate surface area is 134 Å². The predicted octanol–water partition coefficient (Wildman–Crippen LogP) is 3.75. The van der Waals surface area contributed by atoms with Gasteiger partial charge in [-0.1, -0.05) is 25.1 Å². The third kappa shape index (κ3) is 5.54. The number of nitrogens with one attached hydrogen (secondary N) is 2. The second-order valence-electron chi connectivity index (χ2n) is 5.23. The summed E-state index contributed by atoms with van der Waals surface area (Å²) in [5.74, 6) is -0.583. The van der Waals surface area contributed by atoms with Gasteiger partial charge in [-0.15, -0.1) is 0 Å². The first-order chi connectivity index (χ1) is 11.1. The van der Waals surface area contributed by atoms with Crippen molar-refractivity contribution < 1.29 is 14.0 Å². The van der Waals surface area contributed by atoms with Crippen molar-refractivity contribution in [3.05, 3.63) is 59.9 Å². The fourth-order valence-electron chi connectivity index (χ4n) is 2.12. The third-order valence-corrected chi connectivity index (χ3v) is 3.19. The Morgan fingerprint density at radius 3 is 2.17 bits per heavy atom. The van der Waals surface area contributed by atoms with Crippen LogP contribution in [0.4, 0.5) is 15.8 Å². The third-order valence-electron chi connectivity index (χ3n) is 3.19. The van der Waals surface area contributed by atoms with Crippen LogP contribution >= 0.6 is 0 Å². The summed E-state index contributed by atoms with van der Waals surface area (Å²) in [5.41, 5.74) is 1.98. The van der Waals surface area contributed by atoms with Crippen molar-refractivity contribution in [3.8, 4) is 0 Å². The number of amides is 2. The zero-order chi connectivity index (χ0) is 16.7. The van der Waals surface area contributed by atoms with Gasteiger partial charge in [0.25, 0.3) is 0 Å². The molecule has 0 aliphatic carbocycles. The zero-order valence-electron chi connectivity index (χ0n) is 12.9. The minimum Gasteiger partial charge on any atom is -0.326 e. The van der Waals surface area contributed by atoms with Gasteiger partial charge in [-0.2, -0.15) is 0 Å². The minimum absolute atomic E-state index is 0.0534. The highest BCUT2D eigenvalue weighted by Gasteiger charge is 2.06. The van der Waals surface area contributed by atoms with Crippen LogP contribution < -0.4 is 10.6 Å². The topological polar surface area (TPSA) is 58.2 Å². The fourth-order valence-corrected chi connectivity index (χ4v) is 2.12. The summed E-state index contributed by atoms with van der Waals surface area (Å²) in [5, 5.41) is 5.55. The molecule has 0 spiro atoms. The van der Waals surface area contributed by atoms with E-state index in [0.29, 0.717) is 17.8 Å². The van der Waals surface area contributed by atoms with Crippen molar-refractivity contribution in [1.29, 1.82) is 0 Å². The Kier molecular flexibility index (Phi) is 5.86. The first-order valence-electron chi connectivity index (χ1n) is 7.51. The Morgan fingerprint density at radius 2 is 1.57 bits per heavy atom. The Hall–Kier alpha value is -2.69.